The summed E-state index contributed by atoms with van der Waals surface area (Å²) in [6.45, 7) is 7.35. The Balaban J connectivity index is 5.21. The number of hydrogen-bond acceptors (Lipinski definition) is 15. The van der Waals surface area contributed by atoms with Crippen molar-refractivity contribution in [2.24, 2.45) is 5.92 Å². The number of carbonyl (C=O) groups excluding carboxylic acids is 4. The number of aliphatic hydroxyl groups is 1. The summed E-state index contributed by atoms with van der Waals surface area (Å²) in [5.74, 6) is -1.30. The lowest BCUT2D eigenvalue weighted by molar-refractivity contribution is -0.161. The molecule has 0 aliphatic carbocycles. The minimum absolute atomic E-state index is 0.108. The van der Waals surface area contributed by atoms with Crippen LogP contribution in [-0.2, 0) is 65.4 Å². The lowest BCUT2D eigenvalue weighted by atomic mass is 10.0. The molecular weight excluding hydrogens is 1310 g/mol. The van der Waals surface area contributed by atoms with Crippen molar-refractivity contribution in [1.82, 2.24) is 0 Å². The van der Waals surface area contributed by atoms with Crippen LogP contribution in [0.3, 0.4) is 0 Å². The maximum Gasteiger partial charge on any atom is 0.472 e. The predicted octanol–water partition coefficient (Wildman–Crippen LogP) is 24.4. The molecule has 0 aromatic heterocycles. The van der Waals surface area contributed by atoms with Gasteiger partial charge in [-0.15, -0.1) is 0 Å². The first-order valence-electron chi connectivity index (χ1n) is 42.1. The van der Waals surface area contributed by atoms with Gasteiger partial charge in [-0.05, 0) is 31.6 Å². The Hall–Kier alpha value is -1.94. The topological polar surface area (TPSA) is 237 Å². The SMILES string of the molecule is CCCCCCCCCCCCCCCCCCCCCC(=O)OC[C@H](COP(=O)(O)OC[C@@H](O)COP(=O)(O)OC[C@@H](COC(=O)CCCCCCCCCCCC)OC(=O)CCCCCCCCCCCCCC)OC(=O)CCCCCCCCCCCCCCCCCCC(C)C. The summed E-state index contributed by atoms with van der Waals surface area (Å²) in [6.07, 6.45) is 65.2. The van der Waals surface area contributed by atoms with Crippen molar-refractivity contribution in [3.8, 4) is 0 Å². The van der Waals surface area contributed by atoms with Gasteiger partial charge < -0.3 is 33.8 Å². The first-order valence-corrected chi connectivity index (χ1v) is 45.1. The van der Waals surface area contributed by atoms with E-state index in [2.05, 4.69) is 34.6 Å². The zero-order chi connectivity index (χ0) is 73.4. The summed E-state index contributed by atoms with van der Waals surface area (Å²) in [5.41, 5.74) is 0. The molecule has 0 aliphatic rings. The Labute approximate surface area is 613 Å². The lowest BCUT2D eigenvalue weighted by Crippen LogP contribution is -2.30. The van der Waals surface area contributed by atoms with E-state index in [-0.39, 0.29) is 25.7 Å². The number of hydrogen-bond donors (Lipinski definition) is 3. The number of phosphoric acid groups is 2. The molecule has 0 fully saturated rings. The van der Waals surface area contributed by atoms with Crippen molar-refractivity contribution < 1.29 is 80.2 Å². The molecule has 0 saturated carbocycles. The van der Waals surface area contributed by atoms with E-state index in [4.69, 9.17) is 37.0 Å². The normalized spacial score (nSPS) is 13.8. The highest BCUT2D eigenvalue weighted by Crippen LogP contribution is 2.45. The third-order valence-corrected chi connectivity index (χ3v) is 20.9. The molecule has 0 amide bonds. The van der Waals surface area contributed by atoms with E-state index in [0.29, 0.717) is 25.7 Å². The highest BCUT2D eigenvalue weighted by Gasteiger charge is 2.30. The van der Waals surface area contributed by atoms with Crippen molar-refractivity contribution in [3.63, 3.8) is 0 Å². The van der Waals surface area contributed by atoms with Gasteiger partial charge in [0.25, 0.3) is 0 Å². The van der Waals surface area contributed by atoms with E-state index < -0.39 is 97.5 Å². The average molecular weight is 1470 g/mol. The molecule has 0 aromatic rings. The van der Waals surface area contributed by atoms with Crippen LogP contribution in [0.4, 0.5) is 0 Å². The van der Waals surface area contributed by atoms with Crippen LogP contribution in [0.5, 0.6) is 0 Å². The van der Waals surface area contributed by atoms with Gasteiger partial charge in [0.2, 0.25) is 0 Å². The van der Waals surface area contributed by atoms with Crippen LogP contribution in [0.25, 0.3) is 0 Å². The number of rotatable bonds is 81. The van der Waals surface area contributed by atoms with Crippen LogP contribution >= 0.6 is 15.6 Å². The molecule has 100 heavy (non-hydrogen) atoms. The van der Waals surface area contributed by atoms with E-state index in [1.54, 1.807) is 0 Å². The second kappa shape index (κ2) is 73.9. The smallest absolute Gasteiger partial charge is 0.462 e. The molecule has 3 N–H and O–H groups in total. The zero-order valence-corrected chi connectivity index (χ0v) is 67.1. The Morgan fingerprint density at radius 1 is 0.270 bits per heavy atom. The Morgan fingerprint density at radius 3 is 0.680 bits per heavy atom. The first-order chi connectivity index (χ1) is 48.5. The monoisotopic (exact) mass is 1470 g/mol. The fraction of sp³-hybridized carbons (Fsp3) is 0.951. The number of phosphoric ester groups is 2. The van der Waals surface area contributed by atoms with Crippen LogP contribution in [-0.4, -0.2) is 96.7 Å². The van der Waals surface area contributed by atoms with Crippen molar-refractivity contribution in [1.29, 1.82) is 0 Å². The number of unbranched alkanes of at least 4 members (excludes halogenated alkanes) is 53. The van der Waals surface area contributed by atoms with E-state index in [1.165, 1.54) is 257 Å². The van der Waals surface area contributed by atoms with Crippen molar-refractivity contribution in [3.05, 3.63) is 0 Å². The minimum Gasteiger partial charge on any atom is -0.462 e. The van der Waals surface area contributed by atoms with E-state index in [1.807, 2.05) is 0 Å². The Morgan fingerprint density at radius 2 is 0.460 bits per heavy atom. The highest BCUT2D eigenvalue weighted by atomic mass is 31.2. The van der Waals surface area contributed by atoms with Crippen LogP contribution in [0, 0.1) is 5.92 Å². The molecule has 0 saturated heterocycles. The van der Waals surface area contributed by atoms with Crippen molar-refractivity contribution >= 4 is 39.5 Å². The molecule has 0 bridgehead atoms. The van der Waals surface area contributed by atoms with Gasteiger partial charge in [-0.2, -0.15) is 0 Å². The summed E-state index contributed by atoms with van der Waals surface area (Å²) < 4.78 is 68.7. The van der Waals surface area contributed by atoms with Gasteiger partial charge in [0.1, 0.15) is 19.3 Å². The van der Waals surface area contributed by atoms with Gasteiger partial charge in [-0.3, -0.25) is 37.3 Å². The Bertz CT molecular complexity index is 1910. The second-order valence-electron chi connectivity index (χ2n) is 29.6. The van der Waals surface area contributed by atoms with Crippen LogP contribution in [0.1, 0.15) is 433 Å². The van der Waals surface area contributed by atoms with Gasteiger partial charge in [-0.1, -0.05) is 381 Å². The van der Waals surface area contributed by atoms with Crippen LogP contribution < -0.4 is 0 Å². The van der Waals surface area contributed by atoms with Gasteiger partial charge in [0.15, 0.2) is 12.2 Å². The fourth-order valence-electron chi connectivity index (χ4n) is 12.6. The lowest BCUT2D eigenvalue weighted by Gasteiger charge is -2.21. The van der Waals surface area contributed by atoms with Gasteiger partial charge in [0, 0.05) is 25.7 Å². The summed E-state index contributed by atoms with van der Waals surface area (Å²) >= 11 is 0. The molecule has 5 atom stereocenters. The third kappa shape index (κ3) is 74.3. The fourth-order valence-corrected chi connectivity index (χ4v) is 14.2. The third-order valence-electron chi connectivity index (χ3n) is 19.0. The number of aliphatic hydroxyl groups excluding tert-OH is 1. The Kier molecular flexibility index (Phi) is 72.5. The molecule has 0 spiro atoms. The molecular formula is C81H158O17P2. The molecule has 0 heterocycles. The zero-order valence-electron chi connectivity index (χ0n) is 65.3. The minimum atomic E-state index is -4.96. The van der Waals surface area contributed by atoms with Crippen LogP contribution in [0.15, 0.2) is 0 Å². The van der Waals surface area contributed by atoms with Gasteiger partial charge in [-0.25, -0.2) is 9.13 Å². The van der Waals surface area contributed by atoms with Gasteiger partial charge >= 0.3 is 39.5 Å². The van der Waals surface area contributed by atoms with E-state index >= 15 is 0 Å². The molecule has 17 nitrogen and oxygen atoms in total. The molecule has 0 aromatic carbocycles. The average Bonchev–Trinajstić information content (AvgIpc) is 0.943. The summed E-state index contributed by atoms with van der Waals surface area (Å²) in [7, 11) is -9.92. The number of esters is 4. The van der Waals surface area contributed by atoms with E-state index in [9.17, 15) is 43.2 Å². The summed E-state index contributed by atoms with van der Waals surface area (Å²) in [6, 6.07) is 0. The van der Waals surface area contributed by atoms with E-state index in [0.717, 1.165) is 95.8 Å². The summed E-state index contributed by atoms with van der Waals surface area (Å²) in [5, 5.41) is 10.6. The molecule has 19 heteroatoms. The maximum absolute atomic E-state index is 13.1. The number of carbonyl (C=O) groups is 4. The molecule has 0 aliphatic heterocycles. The van der Waals surface area contributed by atoms with Crippen LogP contribution in [0.2, 0.25) is 0 Å². The molecule has 0 rings (SSSR count). The quantitative estimate of drug-likeness (QED) is 0.0222. The predicted molar refractivity (Wildman–Crippen MR) is 409 cm³/mol. The largest absolute Gasteiger partial charge is 0.472 e. The standard InChI is InChI=1S/C81H158O17P2/c1-6-9-12-15-18-21-24-26-27-28-29-30-34-37-41-45-50-55-60-65-79(84)92-71-77(98-81(86)67-62-57-52-47-42-38-35-32-31-33-36-39-43-48-53-58-63-74(4)5)73-96-100(89,90)94-69-75(82)68-93-99(87,88)95-72-76(70-91-78(83)64-59-54-49-44-23-20-17-14-11-8-3)97-80(85)66-61-56-51-46-40-25-22-19-16-13-10-7-2/h74-77,82H,6-73H2,1-5H3,(H,87,88)(H,89,90)/t75-,76+,77+/m0/s1. The van der Waals surface area contributed by atoms with Crippen molar-refractivity contribution in [2.75, 3.05) is 39.6 Å². The first kappa shape index (κ1) is 98.1. The molecule has 594 valence electrons. The molecule has 0 radical (unpaired) electrons. The maximum atomic E-state index is 13.1. The van der Waals surface area contributed by atoms with Gasteiger partial charge in [0.05, 0.1) is 26.4 Å². The second-order valence-corrected chi connectivity index (χ2v) is 32.5. The number of ether oxygens (including phenoxy) is 4. The summed E-state index contributed by atoms with van der Waals surface area (Å²) in [4.78, 5) is 73.0. The highest BCUT2D eigenvalue weighted by molar-refractivity contribution is 7.47. The molecule has 2 unspecified atom stereocenters. The van der Waals surface area contributed by atoms with Crippen molar-refractivity contribution in [2.45, 2.75) is 451 Å².